The van der Waals surface area contributed by atoms with Gasteiger partial charge in [-0.1, -0.05) is 6.07 Å². The summed E-state index contributed by atoms with van der Waals surface area (Å²) in [6.45, 7) is 0. The number of H-pyrrole nitrogens is 2. The topological polar surface area (TPSA) is 96.0 Å². The van der Waals surface area contributed by atoms with E-state index in [0.29, 0.717) is 11.5 Å². The van der Waals surface area contributed by atoms with E-state index in [4.69, 9.17) is 4.98 Å². The number of fused-ring (bicyclic) bond motifs is 2. The number of pyridine rings is 3. The first kappa shape index (κ1) is 12.9. The number of nitrogens with one attached hydrogen (secondary N) is 2. The third kappa shape index (κ3) is 1.88. The molecule has 0 aliphatic carbocycles. The van der Waals surface area contributed by atoms with Gasteiger partial charge in [0.25, 0.3) is 0 Å². The molecule has 5 aromatic heterocycles. The van der Waals surface area contributed by atoms with Crippen LogP contribution in [0.3, 0.4) is 0 Å². The fourth-order valence-electron chi connectivity index (χ4n) is 2.82. The first-order valence-corrected chi connectivity index (χ1v) is 7.44. The number of imidazole rings is 1. The van der Waals surface area contributed by atoms with Crippen molar-refractivity contribution in [2.45, 2.75) is 0 Å². The molecule has 7 heteroatoms. The van der Waals surface area contributed by atoms with Crippen LogP contribution in [0.4, 0.5) is 0 Å². The van der Waals surface area contributed by atoms with Crippen LogP contribution in [0.15, 0.2) is 55.2 Å². The quantitative estimate of drug-likeness (QED) is 0.522. The summed E-state index contributed by atoms with van der Waals surface area (Å²) in [6, 6.07) is 7.74. The summed E-state index contributed by atoms with van der Waals surface area (Å²) in [5.41, 5.74) is 5.09. The first-order valence-electron chi connectivity index (χ1n) is 7.44. The Morgan fingerprint density at radius 3 is 2.79 bits per heavy atom. The number of aromatic amines is 2. The van der Waals surface area contributed by atoms with E-state index in [1.165, 1.54) is 0 Å². The van der Waals surface area contributed by atoms with Crippen molar-refractivity contribution in [3.8, 4) is 22.6 Å². The van der Waals surface area contributed by atoms with E-state index in [2.05, 4.69) is 30.1 Å². The molecule has 114 valence electrons. The van der Waals surface area contributed by atoms with Gasteiger partial charge in [-0.2, -0.15) is 5.10 Å². The predicted molar refractivity (Wildman–Crippen MR) is 90.0 cm³/mol. The van der Waals surface area contributed by atoms with Gasteiger partial charge in [-0.15, -0.1) is 0 Å². The highest BCUT2D eigenvalue weighted by Gasteiger charge is 2.15. The molecule has 5 heterocycles. The summed E-state index contributed by atoms with van der Waals surface area (Å²) in [4.78, 5) is 20.8. The number of hydrogen-bond acceptors (Lipinski definition) is 5. The van der Waals surface area contributed by atoms with Gasteiger partial charge in [0.05, 0.1) is 11.7 Å². The molecule has 0 amide bonds. The lowest BCUT2D eigenvalue weighted by atomic mass is 10.1. The summed E-state index contributed by atoms with van der Waals surface area (Å²) in [5.74, 6) is 0.707. The highest BCUT2D eigenvalue weighted by molar-refractivity contribution is 5.95. The fraction of sp³-hybridized carbons (Fsp3) is 0. The number of hydrogen-bond donors (Lipinski definition) is 2. The Kier molecular flexibility index (Phi) is 2.66. The molecule has 0 spiro atoms. The molecule has 7 nitrogen and oxygen atoms in total. The van der Waals surface area contributed by atoms with Gasteiger partial charge in [0.15, 0.2) is 11.5 Å². The largest absolute Gasteiger partial charge is 0.335 e. The summed E-state index contributed by atoms with van der Waals surface area (Å²) < 4.78 is 0. The maximum Gasteiger partial charge on any atom is 0.181 e. The molecule has 5 rings (SSSR count). The number of aromatic nitrogens is 7. The Morgan fingerprint density at radius 1 is 0.917 bits per heavy atom. The van der Waals surface area contributed by atoms with Crippen LogP contribution in [0.2, 0.25) is 0 Å². The van der Waals surface area contributed by atoms with Crippen molar-refractivity contribution in [3.05, 3.63) is 55.2 Å². The zero-order valence-electron chi connectivity index (χ0n) is 12.4. The van der Waals surface area contributed by atoms with Gasteiger partial charge in [-0.3, -0.25) is 15.1 Å². The van der Waals surface area contributed by atoms with E-state index in [9.17, 15) is 0 Å². The van der Waals surface area contributed by atoms with E-state index < -0.39 is 0 Å². The highest BCUT2D eigenvalue weighted by atomic mass is 15.2. The third-order valence-corrected chi connectivity index (χ3v) is 3.93. The second-order valence-electron chi connectivity index (χ2n) is 5.38. The van der Waals surface area contributed by atoms with Crippen molar-refractivity contribution in [3.63, 3.8) is 0 Å². The first-order chi connectivity index (χ1) is 11.9. The smallest absolute Gasteiger partial charge is 0.181 e. The van der Waals surface area contributed by atoms with Crippen molar-refractivity contribution < 1.29 is 0 Å². The summed E-state index contributed by atoms with van der Waals surface area (Å²) in [6.07, 6.45) is 8.84. The van der Waals surface area contributed by atoms with Crippen molar-refractivity contribution in [2.24, 2.45) is 0 Å². The molecule has 24 heavy (non-hydrogen) atoms. The molecule has 0 saturated heterocycles. The van der Waals surface area contributed by atoms with E-state index in [1.807, 2.05) is 24.3 Å². The minimum atomic E-state index is 0.665. The number of nitrogens with zero attached hydrogens (tertiary/aromatic N) is 5. The average molecular weight is 313 g/mol. The minimum Gasteiger partial charge on any atom is -0.335 e. The highest BCUT2D eigenvalue weighted by Crippen LogP contribution is 2.29. The molecule has 0 aliphatic rings. The molecular weight excluding hydrogens is 302 g/mol. The zero-order valence-corrected chi connectivity index (χ0v) is 12.4. The van der Waals surface area contributed by atoms with Gasteiger partial charge in [0.2, 0.25) is 0 Å². The van der Waals surface area contributed by atoms with Crippen molar-refractivity contribution in [1.29, 1.82) is 0 Å². The standard InChI is InChI=1S/C17H11N7/c1-3-10(7-18-5-1)12-8-19-9-13-14(12)22-17(21-13)15-11-4-2-6-20-16(11)24-23-15/h1-9H,(H,21,22)(H,20,23,24). The summed E-state index contributed by atoms with van der Waals surface area (Å²) in [7, 11) is 0. The normalized spacial score (nSPS) is 11.3. The molecule has 0 aromatic carbocycles. The molecule has 2 N–H and O–H groups in total. The van der Waals surface area contributed by atoms with Crippen LogP contribution in [0.1, 0.15) is 0 Å². The van der Waals surface area contributed by atoms with E-state index in [0.717, 1.165) is 33.2 Å². The Balaban J connectivity index is 1.75. The van der Waals surface area contributed by atoms with Gasteiger partial charge in [0.1, 0.15) is 11.2 Å². The van der Waals surface area contributed by atoms with Gasteiger partial charge >= 0.3 is 0 Å². The monoisotopic (exact) mass is 313 g/mol. The van der Waals surface area contributed by atoms with Crippen LogP contribution in [0, 0.1) is 0 Å². The van der Waals surface area contributed by atoms with Crippen molar-refractivity contribution in [1.82, 2.24) is 35.1 Å². The zero-order chi connectivity index (χ0) is 15.9. The van der Waals surface area contributed by atoms with Crippen LogP contribution in [-0.2, 0) is 0 Å². The van der Waals surface area contributed by atoms with Crippen LogP contribution in [-0.4, -0.2) is 35.1 Å². The SMILES string of the molecule is c1cncc(-c2cncc3[nH]c(-c4[nH]nc5ncccc45)nc23)c1. The van der Waals surface area contributed by atoms with E-state index in [-0.39, 0.29) is 0 Å². The van der Waals surface area contributed by atoms with Crippen molar-refractivity contribution in [2.75, 3.05) is 0 Å². The maximum absolute atomic E-state index is 4.76. The van der Waals surface area contributed by atoms with Gasteiger partial charge < -0.3 is 4.98 Å². The predicted octanol–water partition coefficient (Wildman–Crippen LogP) is 2.96. The lowest BCUT2D eigenvalue weighted by molar-refractivity contribution is 1.09. The van der Waals surface area contributed by atoms with Crippen molar-refractivity contribution >= 4 is 22.1 Å². The molecule has 0 bridgehead atoms. The third-order valence-electron chi connectivity index (χ3n) is 3.93. The molecule has 0 unspecified atom stereocenters. The van der Waals surface area contributed by atoms with Crippen LogP contribution in [0.25, 0.3) is 44.7 Å². The van der Waals surface area contributed by atoms with Gasteiger partial charge in [0, 0.05) is 41.3 Å². The lowest BCUT2D eigenvalue weighted by Crippen LogP contribution is -1.84. The van der Waals surface area contributed by atoms with Crippen LogP contribution < -0.4 is 0 Å². The van der Waals surface area contributed by atoms with Crippen LogP contribution >= 0.6 is 0 Å². The molecule has 0 fully saturated rings. The minimum absolute atomic E-state index is 0.665. The second-order valence-corrected chi connectivity index (χ2v) is 5.38. The molecule has 0 aliphatic heterocycles. The second kappa shape index (κ2) is 4.95. The Hall–Kier alpha value is -3.61. The molecular formula is C17H11N7. The summed E-state index contributed by atoms with van der Waals surface area (Å²) in [5, 5.41) is 8.16. The molecule has 0 saturated carbocycles. The molecule has 0 atom stereocenters. The Morgan fingerprint density at radius 2 is 1.88 bits per heavy atom. The fourth-order valence-corrected chi connectivity index (χ4v) is 2.82. The van der Waals surface area contributed by atoms with Gasteiger partial charge in [-0.05, 0) is 18.2 Å². The lowest BCUT2D eigenvalue weighted by Gasteiger charge is -2.00. The van der Waals surface area contributed by atoms with Crippen LogP contribution in [0.5, 0.6) is 0 Å². The summed E-state index contributed by atoms with van der Waals surface area (Å²) >= 11 is 0. The Bertz CT molecular complexity index is 1160. The number of rotatable bonds is 2. The molecule has 5 aromatic rings. The van der Waals surface area contributed by atoms with E-state index >= 15 is 0 Å². The molecule has 0 radical (unpaired) electrons. The van der Waals surface area contributed by atoms with E-state index in [1.54, 1.807) is 31.0 Å². The van der Waals surface area contributed by atoms with Gasteiger partial charge in [-0.25, -0.2) is 9.97 Å². The Labute approximate surface area is 135 Å². The maximum atomic E-state index is 4.76. The average Bonchev–Trinajstić information content (AvgIpc) is 3.25.